The molecule has 10 nitrogen and oxygen atoms in total. The fourth-order valence-corrected chi connectivity index (χ4v) is 3.54. The molecule has 1 aromatic heterocycles. The van der Waals surface area contributed by atoms with Gasteiger partial charge in [0, 0.05) is 12.1 Å². The van der Waals surface area contributed by atoms with E-state index < -0.39 is 42.7 Å². The topological polar surface area (TPSA) is 159 Å². The second-order valence-electron chi connectivity index (χ2n) is 7.34. The highest BCUT2D eigenvalue weighted by Crippen LogP contribution is 2.31. The molecule has 0 bridgehead atoms. The van der Waals surface area contributed by atoms with Gasteiger partial charge in [-0.1, -0.05) is 12.1 Å². The molecule has 4 rings (SSSR count). The molecule has 3 aromatic rings. The van der Waals surface area contributed by atoms with Crippen molar-refractivity contribution in [3.63, 3.8) is 0 Å². The van der Waals surface area contributed by atoms with Crippen molar-refractivity contribution in [2.75, 3.05) is 13.7 Å². The molecule has 10 heteroatoms. The number of hydrogen-bond donors (Lipinski definition) is 5. The number of phenols is 1. The molecule has 5 N–H and O–H groups in total. The number of phenolic OH excluding ortho intramolecular Hbond substituents is 1. The Morgan fingerprint density at radius 1 is 1.00 bits per heavy atom. The van der Waals surface area contributed by atoms with Crippen LogP contribution in [-0.4, -0.2) is 70.0 Å². The van der Waals surface area contributed by atoms with Gasteiger partial charge in [0.2, 0.25) is 11.7 Å². The molecule has 2 heterocycles. The third kappa shape index (κ3) is 3.90. The Kier molecular flexibility index (Phi) is 6.04. The van der Waals surface area contributed by atoms with Crippen LogP contribution in [0.1, 0.15) is 0 Å². The average Bonchev–Trinajstić information content (AvgIpc) is 2.80. The van der Waals surface area contributed by atoms with Crippen molar-refractivity contribution in [3.05, 3.63) is 52.9 Å². The minimum atomic E-state index is -1.56. The highest BCUT2D eigenvalue weighted by Gasteiger charge is 2.44. The maximum atomic E-state index is 12.9. The van der Waals surface area contributed by atoms with Gasteiger partial charge in [-0.15, -0.1) is 0 Å². The predicted octanol–water partition coefficient (Wildman–Crippen LogP) is 0.353. The van der Waals surface area contributed by atoms with Crippen molar-refractivity contribution in [2.45, 2.75) is 30.7 Å². The Bertz CT molecular complexity index is 1150. The lowest BCUT2D eigenvalue weighted by molar-refractivity contribution is -0.277. The fourth-order valence-electron chi connectivity index (χ4n) is 3.54. The molecule has 32 heavy (non-hydrogen) atoms. The maximum absolute atomic E-state index is 12.9. The molecule has 170 valence electrons. The smallest absolute Gasteiger partial charge is 0.229 e. The van der Waals surface area contributed by atoms with E-state index >= 15 is 0 Å². The van der Waals surface area contributed by atoms with Crippen LogP contribution in [0, 0.1) is 0 Å². The molecule has 0 saturated carbocycles. The number of aliphatic hydroxyl groups excluding tert-OH is 4. The van der Waals surface area contributed by atoms with E-state index in [2.05, 4.69) is 0 Å². The first kappa shape index (κ1) is 22.1. The summed E-state index contributed by atoms with van der Waals surface area (Å²) in [6.45, 7) is -0.569. The highest BCUT2D eigenvalue weighted by atomic mass is 16.7. The van der Waals surface area contributed by atoms with Gasteiger partial charge in [-0.3, -0.25) is 4.79 Å². The summed E-state index contributed by atoms with van der Waals surface area (Å²) in [7, 11) is 1.43. The van der Waals surface area contributed by atoms with Crippen LogP contribution in [0.3, 0.4) is 0 Å². The Morgan fingerprint density at radius 3 is 2.38 bits per heavy atom. The summed E-state index contributed by atoms with van der Waals surface area (Å²) in [6.07, 6.45) is -5.73. The molecule has 5 atom stereocenters. The number of fused-ring (bicyclic) bond motifs is 1. The van der Waals surface area contributed by atoms with Crippen molar-refractivity contribution < 1.29 is 44.2 Å². The molecule has 1 saturated heterocycles. The molecule has 1 unspecified atom stereocenters. The lowest BCUT2D eigenvalue weighted by Crippen LogP contribution is -2.60. The zero-order chi connectivity index (χ0) is 23.0. The first-order valence-electron chi connectivity index (χ1n) is 9.74. The van der Waals surface area contributed by atoms with Crippen LogP contribution in [0.25, 0.3) is 22.1 Å². The lowest BCUT2D eigenvalue weighted by Gasteiger charge is -2.39. The van der Waals surface area contributed by atoms with Gasteiger partial charge in [-0.25, -0.2) is 0 Å². The summed E-state index contributed by atoms with van der Waals surface area (Å²) in [5, 5.41) is 49.3. The molecular weight excluding hydrogens is 424 g/mol. The highest BCUT2D eigenvalue weighted by molar-refractivity contribution is 5.88. The molecule has 0 spiro atoms. The van der Waals surface area contributed by atoms with Crippen LogP contribution >= 0.6 is 0 Å². The summed E-state index contributed by atoms with van der Waals surface area (Å²) in [5.41, 5.74) is 0.432. The number of aliphatic hydroxyl groups is 4. The van der Waals surface area contributed by atoms with Gasteiger partial charge in [0.25, 0.3) is 0 Å². The summed E-state index contributed by atoms with van der Waals surface area (Å²) in [4.78, 5) is 12.9. The van der Waals surface area contributed by atoms with E-state index in [9.17, 15) is 30.3 Å². The van der Waals surface area contributed by atoms with E-state index in [0.29, 0.717) is 11.3 Å². The van der Waals surface area contributed by atoms with Gasteiger partial charge in [0.1, 0.15) is 58.9 Å². The Labute approximate surface area is 181 Å². The van der Waals surface area contributed by atoms with Crippen LogP contribution < -0.4 is 14.9 Å². The van der Waals surface area contributed by atoms with E-state index in [1.807, 2.05) is 0 Å². The number of ether oxygens (including phenoxy) is 3. The van der Waals surface area contributed by atoms with Crippen molar-refractivity contribution in [1.82, 2.24) is 0 Å². The van der Waals surface area contributed by atoms with Gasteiger partial charge in [-0.05, 0) is 17.7 Å². The van der Waals surface area contributed by atoms with Crippen molar-refractivity contribution in [3.8, 4) is 28.4 Å². The summed E-state index contributed by atoms with van der Waals surface area (Å²) >= 11 is 0. The number of hydrogen-bond acceptors (Lipinski definition) is 10. The van der Waals surface area contributed by atoms with Gasteiger partial charge in [0.05, 0.1) is 19.3 Å². The standard InChI is InChI=1S/C22H22O10/c1-29-12-6-14(24)17-15(7-12)30-9-13(18(17)25)10-2-4-11(5-3-10)31-22-21(28)20(27)19(26)16(8-23)32-22/h2-7,9,16,19-24,26-28H,8H2,1H3/t16-,19-,20+,21-,22?/m1/s1. The van der Waals surface area contributed by atoms with E-state index in [1.165, 1.54) is 37.6 Å². The van der Waals surface area contributed by atoms with Gasteiger partial charge in [-0.2, -0.15) is 0 Å². The quantitative estimate of drug-likeness (QED) is 0.370. The van der Waals surface area contributed by atoms with Crippen LogP contribution in [0.15, 0.2) is 51.9 Å². The van der Waals surface area contributed by atoms with Gasteiger partial charge < -0.3 is 44.2 Å². The van der Waals surface area contributed by atoms with E-state index in [1.54, 1.807) is 12.1 Å². The zero-order valence-corrected chi connectivity index (χ0v) is 16.9. The number of benzene rings is 2. The van der Waals surface area contributed by atoms with Crippen LogP contribution in [0.5, 0.6) is 17.2 Å². The summed E-state index contributed by atoms with van der Waals surface area (Å²) in [6, 6.07) is 8.97. The van der Waals surface area contributed by atoms with E-state index in [4.69, 9.17) is 18.6 Å². The van der Waals surface area contributed by atoms with Crippen molar-refractivity contribution >= 4 is 11.0 Å². The minimum absolute atomic E-state index is 0.0185. The van der Waals surface area contributed by atoms with Crippen LogP contribution in [0.2, 0.25) is 0 Å². The zero-order valence-electron chi connectivity index (χ0n) is 16.9. The SMILES string of the molecule is COc1cc(O)c2c(=O)c(-c3ccc(OC4O[C@H](CO)[C@@H](O)[C@H](O)[C@H]4O)cc3)coc2c1. The molecule has 0 amide bonds. The lowest BCUT2D eigenvalue weighted by atomic mass is 9.99. The fraction of sp³-hybridized carbons (Fsp3) is 0.318. The normalized spacial score (nSPS) is 25.6. The monoisotopic (exact) mass is 446 g/mol. The van der Waals surface area contributed by atoms with E-state index in [0.717, 1.165) is 0 Å². The molecule has 2 aromatic carbocycles. The van der Waals surface area contributed by atoms with Crippen molar-refractivity contribution in [2.24, 2.45) is 0 Å². The predicted molar refractivity (Wildman–Crippen MR) is 111 cm³/mol. The Morgan fingerprint density at radius 2 is 1.72 bits per heavy atom. The van der Waals surface area contributed by atoms with Gasteiger partial charge >= 0.3 is 0 Å². The molecule has 1 aliphatic rings. The van der Waals surface area contributed by atoms with Crippen LogP contribution in [0.4, 0.5) is 0 Å². The first-order valence-corrected chi connectivity index (χ1v) is 9.74. The first-order chi connectivity index (χ1) is 15.3. The molecule has 0 radical (unpaired) electrons. The third-order valence-corrected chi connectivity index (χ3v) is 5.33. The third-order valence-electron chi connectivity index (χ3n) is 5.33. The molecule has 0 aliphatic carbocycles. The molecule has 1 aliphatic heterocycles. The maximum Gasteiger partial charge on any atom is 0.229 e. The van der Waals surface area contributed by atoms with Crippen LogP contribution in [-0.2, 0) is 4.74 Å². The molecule has 1 fully saturated rings. The van der Waals surface area contributed by atoms with Crippen molar-refractivity contribution in [1.29, 1.82) is 0 Å². The van der Waals surface area contributed by atoms with E-state index in [-0.39, 0.29) is 28.0 Å². The summed E-state index contributed by atoms with van der Waals surface area (Å²) < 4.78 is 21.4. The largest absolute Gasteiger partial charge is 0.507 e. The number of rotatable bonds is 5. The average molecular weight is 446 g/mol. The van der Waals surface area contributed by atoms with Gasteiger partial charge in [0.15, 0.2) is 0 Å². The second-order valence-corrected chi connectivity index (χ2v) is 7.34. The number of aromatic hydroxyl groups is 1. The number of methoxy groups -OCH3 is 1. The Balaban J connectivity index is 1.59. The molecular formula is C22H22O10. The summed E-state index contributed by atoms with van der Waals surface area (Å²) in [5.74, 6) is 0.328. The Hall–Kier alpha value is -3.15. The second kappa shape index (κ2) is 8.77. The minimum Gasteiger partial charge on any atom is -0.507 e.